The normalized spacial score (nSPS) is 12.5. The molecule has 140 valence electrons. The van der Waals surface area contributed by atoms with Gasteiger partial charge in [-0.05, 0) is 49.7 Å². The van der Waals surface area contributed by atoms with Crippen molar-refractivity contribution in [3.8, 4) is 0 Å². The highest BCUT2D eigenvalue weighted by molar-refractivity contribution is 7.92. The second kappa shape index (κ2) is 8.05. The summed E-state index contributed by atoms with van der Waals surface area (Å²) < 4.78 is 25.8. The van der Waals surface area contributed by atoms with Crippen LogP contribution in [0, 0.1) is 6.92 Å². The topological polar surface area (TPSA) is 66.5 Å². The minimum absolute atomic E-state index is 0.253. The smallest absolute Gasteiger partial charge is 0.248 e. The van der Waals surface area contributed by atoms with Gasteiger partial charge in [-0.15, -0.1) is 0 Å². The highest BCUT2D eigenvalue weighted by atomic mass is 35.5. The van der Waals surface area contributed by atoms with Gasteiger partial charge in [-0.1, -0.05) is 40.9 Å². The number of benzene rings is 2. The molecule has 0 spiro atoms. The fraction of sp³-hybridized carbons (Fsp3) is 0.235. The van der Waals surface area contributed by atoms with E-state index in [-0.39, 0.29) is 5.02 Å². The molecule has 0 aliphatic rings. The van der Waals surface area contributed by atoms with Gasteiger partial charge in [0.05, 0.1) is 22.7 Å². The van der Waals surface area contributed by atoms with Gasteiger partial charge in [0, 0.05) is 10.0 Å². The van der Waals surface area contributed by atoms with Crippen LogP contribution < -0.4 is 9.62 Å². The van der Waals surface area contributed by atoms with Crippen LogP contribution in [0.3, 0.4) is 0 Å². The molecule has 0 heterocycles. The number of anilines is 2. The van der Waals surface area contributed by atoms with Crippen LogP contribution in [0.25, 0.3) is 0 Å². The SMILES string of the molecule is Cc1ccc(Cl)cc1N([C@H](C)C(=O)Nc1ccc(Cl)cc1Cl)S(C)(=O)=O. The summed E-state index contributed by atoms with van der Waals surface area (Å²) in [7, 11) is -3.75. The van der Waals surface area contributed by atoms with Crippen molar-refractivity contribution in [3.63, 3.8) is 0 Å². The maximum Gasteiger partial charge on any atom is 0.248 e. The minimum Gasteiger partial charge on any atom is -0.323 e. The summed E-state index contributed by atoms with van der Waals surface area (Å²) in [6.45, 7) is 3.23. The molecule has 0 aromatic heterocycles. The number of carbonyl (C=O) groups excluding carboxylic acids is 1. The lowest BCUT2D eigenvalue weighted by molar-refractivity contribution is -0.116. The highest BCUT2D eigenvalue weighted by Crippen LogP contribution is 2.30. The van der Waals surface area contributed by atoms with E-state index in [2.05, 4.69) is 5.32 Å². The molecule has 1 atom stereocenters. The number of amides is 1. The van der Waals surface area contributed by atoms with Crippen molar-refractivity contribution >= 4 is 62.1 Å². The van der Waals surface area contributed by atoms with Crippen molar-refractivity contribution < 1.29 is 13.2 Å². The summed E-state index contributed by atoms with van der Waals surface area (Å²) in [4.78, 5) is 12.7. The van der Waals surface area contributed by atoms with Crippen LogP contribution in [0.5, 0.6) is 0 Å². The van der Waals surface area contributed by atoms with Crippen molar-refractivity contribution in [1.82, 2.24) is 0 Å². The Hall–Kier alpha value is -1.47. The molecule has 0 aliphatic carbocycles. The Labute approximate surface area is 167 Å². The summed E-state index contributed by atoms with van der Waals surface area (Å²) in [5.74, 6) is -0.543. The lowest BCUT2D eigenvalue weighted by Crippen LogP contribution is -2.45. The first-order valence-electron chi connectivity index (χ1n) is 7.52. The Morgan fingerprint density at radius 3 is 2.23 bits per heavy atom. The van der Waals surface area contributed by atoms with Crippen molar-refractivity contribution in [2.24, 2.45) is 0 Å². The number of hydrogen-bond donors (Lipinski definition) is 1. The molecule has 26 heavy (non-hydrogen) atoms. The molecule has 0 saturated carbocycles. The Morgan fingerprint density at radius 2 is 1.65 bits per heavy atom. The second-order valence-corrected chi connectivity index (χ2v) is 8.92. The third-order valence-corrected chi connectivity index (χ3v) is 5.70. The third-order valence-electron chi connectivity index (χ3n) is 3.69. The first-order valence-corrected chi connectivity index (χ1v) is 10.5. The van der Waals surface area contributed by atoms with Gasteiger partial charge in [0.15, 0.2) is 0 Å². The fourth-order valence-corrected chi connectivity index (χ4v) is 4.28. The molecule has 5 nitrogen and oxygen atoms in total. The average molecular weight is 436 g/mol. The molecule has 0 radical (unpaired) electrons. The monoisotopic (exact) mass is 434 g/mol. The van der Waals surface area contributed by atoms with Crippen LogP contribution in [0.1, 0.15) is 12.5 Å². The standard InChI is InChI=1S/C17H17Cl3N2O3S/c1-10-4-5-13(19)9-16(10)22(26(3,24)25)11(2)17(23)21-15-7-6-12(18)8-14(15)20/h4-9,11H,1-3H3,(H,21,23)/t11-/m1/s1. The summed E-state index contributed by atoms with van der Waals surface area (Å²) >= 11 is 17.9. The Bertz CT molecular complexity index is 948. The zero-order valence-corrected chi connectivity index (χ0v) is 17.3. The third kappa shape index (κ3) is 4.82. The maximum atomic E-state index is 12.7. The van der Waals surface area contributed by atoms with Crippen LogP contribution >= 0.6 is 34.8 Å². The molecule has 2 rings (SSSR count). The Kier molecular flexibility index (Phi) is 6.45. The first-order chi connectivity index (χ1) is 12.0. The van der Waals surface area contributed by atoms with Crippen LogP contribution in [-0.4, -0.2) is 26.6 Å². The van der Waals surface area contributed by atoms with Gasteiger partial charge in [-0.25, -0.2) is 8.42 Å². The molecule has 0 unspecified atom stereocenters. The molecule has 0 aliphatic heterocycles. The molecule has 0 fully saturated rings. The molecule has 0 bridgehead atoms. The van der Waals surface area contributed by atoms with E-state index in [1.165, 1.54) is 19.1 Å². The van der Waals surface area contributed by atoms with E-state index in [1.54, 1.807) is 31.2 Å². The van der Waals surface area contributed by atoms with E-state index in [1.807, 2.05) is 0 Å². The quantitative estimate of drug-likeness (QED) is 0.737. The van der Waals surface area contributed by atoms with Gasteiger partial charge in [-0.3, -0.25) is 9.10 Å². The number of aryl methyl sites for hydroxylation is 1. The van der Waals surface area contributed by atoms with Crippen LogP contribution in [0.15, 0.2) is 36.4 Å². The number of nitrogens with zero attached hydrogens (tertiary/aromatic N) is 1. The molecule has 1 N–H and O–H groups in total. The van der Waals surface area contributed by atoms with Gasteiger partial charge >= 0.3 is 0 Å². The molecule has 0 saturated heterocycles. The van der Waals surface area contributed by atoms with E-state index in [0.29, 0.717) is 27.0 Å². The van der Waals surface area contributed by atoms with Gasteiger partial charge < -0.3 is 5.32 Å². The molecule has 2 aromatic rings. The largest absolute Gasteiger partial charge is 0.323 e. The Morgan fingerprint density at radius 1 is 1.08 bits per heavy atom. The van der Waals surface area contributed by atoms with Gasteiger partial charge in [0.2, 0.25) is 15.9 Å². The minimum atomic E-state index is -3.75. The predicted octanol–water partition coefficient (Wildman–Crippen LogP) is 4.75. The summed E-state index contributed by atoms with van der Waals surface area (Å²) in [5.41, 5.74) is 1.35. The van der Waals surface area contributed by atoms with Gasteiger partial charge in [0.1, 0.15) is 6.04 Å². The lowest BCUT2D eigenvalue weighted by atomic mass is 10.1. The van der Waals surface area contributed by atoms with Crippen LogP contribution in [0.4, 0.5) is 11.4 Å². The molecule has 1 amide bonds. The first kappa shape index (κ1) is 20.8. The molecule has 9 heteroatoms. The van der Waals surface area contributed by atoms with E-state index in [0.717, 1.165) is 10.6 Å². The number of carbonyl (C=O) groups is 1. The summed E-state index contributed by atoms with van der Waals surface area (Å²) in [6.07, 6.45) is 1.03. The fourth-order valence-electron chi connectivity index (χ4n) is 2.43. The van der Waals surface area contributed by atoms with Crippen LogP contribution in [0.2, 0.25) is 15.1 Å². The van der Waals surface area contributed by atoms with Gasteiger partial charge in [0.25, 0.3) is 0 Å². The maximum absolute atomic E-state index is 12.7. The number of sulfonamides is 1. The Balaban J connectivity index is 2.39. The zero-order chi connectivity index (χ0) is 19.6. The average Bonchev–Trinajstić information content (AvgIpc) is 2.52. The number of rotatable bonds is 5. The predicted molar refractivity (Wildman–Crippen MR) is 108 cm³/mol. The molecular weight excluding hydrogens is 419 g/mol. The number of nitrogens with one attached hydrogen (secondary N) is 1. The summed E-state index contributed by atoms with van der Waals surface area (Å²) in [5, 5.41) is 3.67. The summed E-state index contributed by atoms with van der Waals surface area (Å²) in [6, 6.07) is 8.42. The van der Waals surface area contributed by atoms with E-state index in [4.69, 9.17) is 34.8 Å². The van der Waals surface area contributed by atoms with Crippen molar-refractivity contribution in [2.45, 2.75) is 19.9 Å². The van der Waals surface area contributed by atoms with E-state index < -0.39 is 22.0 Å². The molecular formula is C17H17Cl3N2O3S. The number of halogens is 3. The molecule has 2 aromatic carbocycles. The highest BCUT2D eigenvalue weighted by Gasteiger charge is 2.30. The lowest BCUT2D eigenvalue weighted by Gasteiger charge is -2.29. The zero-order valence-electron chi connectivity index (χ0n) is 14.3. The van der Waals surface area contributed by atoms with Crippen molar-refractivity contribution in [1.29, 1.82) is 0 Å². The number of hydrogen-bond acceptors (Lipinski definition) is 3. The van der Waals surface area contributed by atoms with Gasteiger partial charge in [-0.2, -0.15) is 0 Å². The van der Waals surface area contributed by atoms with Crippen molar-refractivity contribution in [2.75, 3.05) is 15.9 Å². The van der Waals surface area contributed by atoms with Crippen molar-refractivity contribution in [3.05, 3.63) is 57.0 Å². The van der Waals surface area contributed by atoms with Crippen LogP contribution in [-0.2, 0) is 14.8 Å². The second-order valence-electron chi connectivity index (χ2n) is 5.78. The van der Waals surface area contributed by atoms with E-state index >= 15 is 0 Å². The van der Waals surface area contributed by atoms with E-state index in [9.17, 15) is 13.2 Å².